The third kappa shape index (κ3) is 3.75. The molecule has 0 aliphatic carbocycles. The number of non-ortho nitro benzene ring substituents is 1. The molecule has 1 unspecified atom stereocenters. The summed E-state index contributed by atoms with van der Waals surface area (Å²) in [5.74, 6) is 0.421. The number of aromatic nitrogens is 2. The minimum atomic E-state index is -0.441. The summed E-state index contributed by atoms with van der Waals surface area (Å²) in [5.41, 5.74) is 1.81. The van der Waals surface area contributed by atoms with E-state index in [1.165, 1.54) is 12.1 Å². The maximum Gasteiger partial charge on any atom is 0.269 e. The van der Waals surface area contributed by atoms with Crippen LogP contribution >= 0.6 is 0 Å². The second-order valence-electron chi connectivity index (χ2n) is 6.69. The van der Waals surface area contributed by atoms with Crippen LogP contribution in [0.25, 0.3) is 11.3 Å². The lowest BCUT2D eigenvalue weighted by molar-refractivity contribution is -0.384. The summed E-state index contributed by atoms with van der Waals surface area (Å²) in [5, 5.41) is 18.4. The lowest BCUT2D eigenvalue weighted by Crippen LogP contribution is -2.42. The van der Waals surface area contributed by atoms with Gasteiger partial charge in [-0.05, 0) is 44.5 Å². The van der Waals surface area contributed by atoms with Gasteiger partial charge in [0, 0.05) is 44.0 Å². The molecule has 1 N–H and O–H groups in total. The van der Waals surface area contributed by atoms with Crippen molar-refractivity contribution in [2.45, 2.75) is 12.8 Å². The third-order valence-electron chi connectivity index (χ3n) is 4.71. The zero-order valence-electron chi connectivity index (χ0n) is 15.0. The Balaban J connectivity index is 1.86. The van der Waals surface area contributed by atoms with E-state index in [1.54, 1.807) is 30.1 Å². The van der Waals surface area contributed by atoms with Crippen molar-refractivity contribution in [3.05, 3.63) is 46.1 Å². The van der Waals surface area contributed by atoms with E-state index < -0.39 is 4.92 Å². The molecule has 8 heteroatoms. The molecule has 0 spiro atoms. The smallest absolute Gasteiger partial charge is 0.269 e. The highest BCUT2D eigenvalue weighted by Gasteiger charge is 2.27. The summed E-state index contributed by atoms with van der Waals surface area (Å²) in [4.78, 5) is 25.4. The van der Waals surface area contributed by atoms with E-state index in [-0.39, 0.29) is 11.6 Å². The average Bonchev–Trinajstić information content (AvgIpc) is 3.03. The van der Waals surface area contributed by atoms with Crippen molar-refractivity contribution in [1.82, 2.24) is 20.0 Å². The van der Waals surface area contributed by atoms with Crippen molar-refractivity contribution < 1.29 is 9.72 Å². The van der Waals surface area contributed by atoms with Gasteiger partial charge in [0.15, 0.2) is 0 Å². The first-order chi connectivity index (χ1) is 12.5. The van der Waals surface area contributed by atoms with Crippen molar-refractivity contribution in [1.29, 1.82) is 0 Å². The monoisotopic (exact) mass is 357 g/mol. The predicted octanol–water partition coefficient (Wildman–Crippen LogP) is 2.07. The Morgan fingerprint density at radius 1 is 1.38 bits per heavy atom. The maximum atomic E-state index is 13.1. The second-order valence-corrected chi connectivity index (χ2v) is 6.69. The molecule has 1 atom stereocenters. The van der Waals surface area contributed by atoms with E-state index in [4.69, 9.17) is 0 Å². The Hall–Kier alpha value is -2.74. The lowest BCUT2D eigenvalue weighted by atomic mass is 9.97. The highest BCUT2D eigenvalue weighted by molar-refractivity contribution is 5.99. The van der Waals surface area contributed by atoms with Gasteiger partial charge in [-0.15, -0.1) is 0 Å². The highest BCUT2D eigenvalue weighted by Crippen LogP contribution is 2.27. The number of benzene rings is 1. The summed E-state index contributed by atoms with van der Waals surface area (Å²) < 4.78 is 1.61. The summed E-state index contributed by atoms with van der Waals surface area (Å²) in [6.45, 7) is 2.37. The number of nitrogens with zero attached hydrogens (tertiary/aromatic N) is 4. The Labute approximate surface area is 151 Å². The minimum absolute atomic E-state index is 0.0171. The number of rotatable bonds is 5. The number of hydrogen-bond acceptors (Lipinski definition) is 5. The number of hydrogen-bond donors (Lipinski definition) is 1. The van der Waals surface area contributed by atoms with E-state index in [0.29, 0.717) is 22.7 Å². The third-order valence-corrected chi connectivity index (χ3v) is 4.71. The Kier molecular flexibility index (Phi) is 5.32. The zero-order chi connectivity index (χ0) is 18.7. The van der Waals surface area contributed by atoms with Gasteiger partial charge in [-0.2, -0.15) is 5.10 Å². The second kappa shape index (κ2) is 7.65. The minimum Gasteiger partial charge on any atom is -0.338 e. The summed E-state index contributed by atoms with van der Waals surface area (Å²) in [7, 11) is 3.69. The number of nitro groups is 1. The van der Waals surface area contributed by atoms with Crippen LogP contribution in [0, 0.1) is 16.0 Å². The topological polar surface area (TPSA) is 93.3 Å². The molecule has 0 radical (unpaired) electrons. The van der Waals surface area contributed by atoms with E-state index in [0.717, 1.165) is 32.5 Å². The van der Waals surface area contributed by atoms with Crippen LogP contribution in [-0.4, -0.2) is 52.2 Å². The molecule has 1 saturated heterocycles. The maximum absolute atomic E-state index is 13.1. The van der Waals surface area contributed by atoms with E-state index in [1.807, 2.05) is 11.9 Å². The molecule has 2 heterocycles. The first-order valence-corrected chi connectivity index (χ1v) is 8.72. The molecule has 1 amide bonds. The van der Waals surface area contributed by atoms with Gasteiger partial charge in [-0.3, -0.25) is 19.6 Å². The number of nitro benzene ring substituents is 1. The highest BCUT2D eigenvalue weighted by atomic mass is 16.6. The van der Waals surface area contributed by atoms with Crippen LogP contribution < -0.4 is 5.32 Å². The van der Waals surface area contributed by atoms with Crippen LogP contribution in [0.1, 0.15) is 23.2 Å². The summed E-state index contributed by atoms with van der Waals surface area (Å²) in [6, 6.07) is 6.14. The number of likely N-dealkylation sites (tertiary alicyclic amines) is 1. The van der Waals surface area contributed by atoms with Crippen LogP contribution in [0.3, 0.4) is 0 Å². The normalized spacial score (nSPS) is 17.3. The molecular weight excluding hydrogens is 334 g/mol. The first kappa shape index (κ1) is 18.1. The Morgan fingerprint density at radius 2 is 2.12 bits per heavy atom. The first-order valence-electron chi connectivity index (χ1n) is 8.72. The van der Waals surface area contributed by atoms with Crippen molar-refractivity contribution in [2.24, 2.45) is 13.0 Å². The van der Waals surface area contributed by atoms with E-state index >= 15 is 0 Å². The molecule has 26 heavy (non-hydrogen) atoms. The number of amides is 1. The van der Waals surface area contributed by atoms with Crippen molar-refractivity contribution in [3.63, 3.8) is 0 Å². The number of nitrogens with one attached hydrogen (secondary N) is 1. The van der Waals surface area contributed by atoms with Crippen LogP contribution in [0.15, 0.2) is 30.5 Å². The fourth-order valence-electron chi connectivity index (χ4n) is 3.47. The molecule has 3 rings (SSSR count). The Morgan fingerprint density at radius 3 is 2.77 bits per heavy atom. The molecule has 0 saturated carbocycles. The molecule has 2 aromatic rings. The molecule has 1 fully saturated rings. The average molecular weight is 357 g/mol. The van der Waals surface area contributed by atoms with Gasteiger partial charge in [0.2, 0.25) is 0 Å². The zero-order valence-corrected chi connectivity index (χ0v) is 15.0. The van der Waals surface area contributed by atoms with Gasteiger partial charge in [0.25, 0.3) is 11.6 Å². The molecule has 8 nitrogen and oxygen atoms in total. The van der Waals surface area contributed by atoms with Crippen LogP contribution in [0.2, 0.25) is 0 Å². The predicted molar refractivity (Wildman–Crippen MR) is 97.9 cm³/mol. The number of carbonyl (C=O) groups is 1. The largest absolute Gasteiger partial charge is 0.338 e. The van der Waals surface area contributed by atoms with E-state index in [9.17, 15) is 14.9 Å². The molecule has 0 bridgehead atoms. The van der Waals surface area contributed by atoms with Crippen molar-refractivity contribution in [2.75, 3.05) is 26.7 Å². The van der Waals surface area contributed by atoms with Crippen LogP contribution in [-0.2, 0) is 7.05 Å². The van der Waals surface area contributed by atoms with Gasteiger partial charge in [0.05, 0.1) is 10.5 Å². The molecule has 1 aliphatic rings. The van der Waals surface area contributed by atoms with Gasteiger partial charge in [-0.25, -0.2) is 0 Å². The standard InChI is InChI=1S/C18H23N5O3/c1-19-10-13-4-3-9-22(11-13)18(24)16-12-21(2)20-17(16)14-5-7-15(8-6-14)23(25)26/h5-8,12-13,19H,3-4,9-11H2,1-2H3. The molecule has 1 aliphatic heterocycles. The van der Waals surface area contributed by atoms with Gasteiger partial charge in [0.1, 0.15) is 5.69 Å². The molecule has 1 aromatic carbocycles. The van der Waals surface area contributed by atoms with Crippen molar-refractivity contribution >= 4 is 11.6 Å². The molecular formula is C18H23N5O3. The number of carbonyl (C=O) groups excluding carboxylic acids is 1. The SMILES string of the molecule is CNCC1CCCN(C(=O)c2cn(C)nc2-c2ccc([N+](=O)[O-])cc2)C1. The van der Waals surface area contributed by atoms with Gasteiger partial charge < -0.3 is 10.2 Å². The molecule has 138 valence electrons. The number of aryl methyl sites for hydroxylation is 1. The Bertz CT molecular complexity index is 798. The van der Waals surface area contributed by atoms with Crippen LogP contribution in [0.4, 0.5) is 5.69 Å². The fraction of sp³-hybridized carbons (Fsp3) is 0.444. The summed E-state index contributed by atoms with van der Waals surface area (Å²) >= 11 is 0. The quantitative estimate of drug-likeness (QED) is 0.653. The number of piperidine rings is 1. The molecule has 1 aromatic heterocycles. The summed E-state index contributed by atoms with van der Waals surface area (Å²) in [6.07, 6.45) is 3.83. The lowest BCUT2D eigenvalue weighted by Gasteiger charge is -2.32. The van der Waals surface area contributed by atoms with Crippen molar-refractivity contribution in [3.8, 4) is 11.3 Å². The van der Waals surface area contributed by atoms with E-state index in [2.05, 4.69) is 10.4 Å². The van der Waals surface area contributed by atoms with Gasteiger partial charge >= 0.3 is 0 Å². The van der Waals surface area contributed by atoms with Crippen LogP contribution in [0.5, 0.6) is 0 Å². The van der Waals surface area contributed by atoms with Gasteiger partial charge in [-0.1, -0.05) is 0 Å². The fourth-order valence-corrected chi connectivity index (χ4v) is 3.47.